The van der Waals surface area contributed by atoms with E-state index in [0.717, 1.165) is 28.0 Å². The number of hydrogen-bond acceptors (Lipinski definition) is 10. The van der Waals surface area contributed by atoms with Crippen molar-refractivity contribution in [3.63, 3.8) is 0 Å². The number of phenolic OH excluding ortho intramolecular Hbond substituents is 1. The maximum Gasteiger partial charge on any atom is 0.301 e. The number of fused-ring (bicyclic) bond motifs is 4. The molecule has 51 heavy (non-hydrogen) atoms. The van der Waals surface area contributed by atoms with Gasteiger partial charge in [0.25, 0.3) is 0 Å². The summed E-state index contributed by atoms with van der Waals surface area (Å²) in [5, 5.41) is 35.0. The largest absolute Gasteiger partial charge is 0.508 e. The molecule has 3 fully saturated rings. The van der Waals surface area contributed by atoms with E-state index in [4.69, 9.17) is 11.6 Å². The third kappa shape index (κ3) is 4.74. The molecule has 0 spiro atoms. The molecule has 4 aliphatic rings. The molecule has 2 saturated heterocycles. The minimum Gasteiger partial charge on any atom is -0.508 e. The highest BCUT2D eigenvalue weighted by Gasteiger charge is 2.68. The fraction of sp³-hybridized carbons (Fsp3) is 0.314. The molecule has 16 heteroatoms. The Bertz CT molecular complexity index is 2120. The molecule has 14 nitrogen and oxygen atoms in total. The number of carbonyl (C=O) groups excluding carboxylic acids is 4. The van der Waals surface area contributed by atoms with Gasteiger partial charge in [-0.2, -0.15) is 0 Å². The highest BCUT2D eigenvalue weighted by Crippen LogP contribution is 2.64. The highest BCUT2D eigenvalue weighted by molar-refractivity contribution is 6.32. The summed E-state index contributed by atoms with van der Waals surface area (Å²) in [6.07, 6.45) is 1.70. The van der Waals surface area contributed by atoms with Gasteiger partial charge >= 0.3 is 11.4 Å². The zero-order valence-electron chi connectivity index (χ0n) is 27.3. The number of carbonyl (C=O) groups is 4. The first-order valence-electron chi connectivity index (χ1n) is 15.9. The Hall–Kier alpha value is -5.70. The van der Waals surface area contributed by atoms with Crippen molar-refractivity contribution in [2.45, 2.75) is 25.7 Å². The number of nitrogens with zero attached hydrogens (tertiary/aromatic N) is 5. The number of anilines is 3. The molecule has 2 aliphatic carbocycles. The number of amides is 4. The van der Waals surface area contributed by atoms with Gasteiger partial charge in [-0.3, -0.25) is 39.4 Å². The van der Waals surface area contributed by atoms with E-state index >= 15 is 0 Å². The van der Waals surface area contributed by atoms with Crippen LogP contribution in [0.3, 0.4) is 0 Å². The lowest BCUT2D eigenvalue weighted by atomic mass is 9.51. The zero-order chi connectivity index (χ0) is 36.8. The molecule has 0 radical (unpaired) electrons. The van der Waals surface area contributed by atoms with Crippen LogP contribution < -0.4 is 14.7 Å². The highest BCUT2D eigenvalue weighted by atomic mass is 35.5. The molecular weight excluding hydrogens is 689 g/mol. The summed E-state index contributed by atoms with van der Waals surface area (Å²) < 4.78 is 14.1. The van der Waals surface area contributed by atoms with Crippen molar-refractivity contribution in [2.24, 2.45) is 29.1 Å². The number of allylic oxidation sites excluding steroid dienone is 2. The van der Waals surface area contributed by atoms with Crippen LogP contribution in [0, 0.1) is 55.1 Å². The van der Waals surface area contributed by atoms with Gasteiger partial charge < -0.3 is 10.0 Å². The minimum absolute atomic E-state index is 0.0157. The monoisotopic (exact) mass is 717 g/mol. The molecule has 2 heterocycles. The van der Waals surface area contributed by atoms with Crippen LogP contribution in [-0.4, -0.2) is 52.7 Å². The van der Waals surface area contributed by atoms with Crippen LogP contribution in [0.15, 0.2) is 66.2 Å². The number of phenols is 1. The van der Waals surface area contributed by atoms with Crippen LogP contribution in [-0.2, 0) is 19.2 Å². The molecule has 1 saturated carbocycles. The second-order valence-corrected chi connectivity index (χ2v) is 14.0. The SMILES string of the molecule is CN(C)c1c([N+](=O)[O-])cc(N2C(=O)[C@H]3[C@H](CC=C4[C@H]3C[C@H]3C(=O)N(c5ccc(F)c(Cl)c5)C(=O)[C@@]3(C)[C@H]4c3ccccc3O)C2=O)cc1[N+](=O)[O-]. The predicted molar refractivity (Wildman–Crippen MR) is 181 cm³/mol. The van der Waals surface area contributed by atoms with Crippen molar-refractivity contribution in [1.29, 1.82) is 0 Å². The van der Waals surface area contributed by atoms with E-state index in [-0.39, 0.29) is 40.7 Å². The van der Waals surface area contributed by atoms with E-state index in [1.807, 2.05) is 0 Å². The Kier molecular flexibility index (Phi) is 7.74. The average Bonchev–Trinajstić information content (AvgIpc) is 3.45. The van der Waals surface area contributed by atoms with Gasteiger partial charge in [0.15, 0.2) is 5.69 Å². The molecule has 6 atom stereocenters. The van der Waals surface area contributed by atoms with Gasteiger partial charge in [0, 0.05) is 37.7 Å². The number of aromatic hydroxyl groups is 1. The number of hydrogen-bond donors (Lipinski definition) is 1. The molecule has 7 rings (SSSR count). The Morgan fingerprint density at radius 2 is 1.55 bits per heavy atom. The number of nitro groups is 2. The van der Waals surface area contributed by atoms with Crippen molar-refractivity contribution < 1.29 is 38.5 Å². The Morgan fingerprint density at radius 1 is 0.902 bits per heavy atom. The van der Waals surface area contributed by atoms with Crippen molar-refractivity contribution in [1.82, 2.24) is 0 Å². The van der Waals surface area contributed by atoms with Crippen LogP contribution in [0.5, 0.6) is 5.75 Å². The molecule has 0 bridgehead atoms. The average molecular weight is 718 g/mol. The summed E-state index contributed by atoms with van der Waals surface area (Å²) in [4.78, 5) is 82.6. The topological polar surface area (TPSA) is 185 Å². The second kappa shape index (κ2) is 11.7. The van der Waals surface area contributed by atoms with E-state index < -0.39 is 85.7 Å². The van der Waals surface area contributed by atoms with Crippen molar-refractivity contribution >= 4 is 63.7 Å². The van der Waals surface area contributed by atoms with Gasteiger partial charge in [0.05, 0.1) is 49.4 Å². The van der Waals surface area contributed by atoms with Crippen LogP contribution in [0.4, 0.5) is 32.8 Å². The fourth-order valence-corrected chi connectivity index (χ4v) is 8.85. The van der Waals surface area contributed by atoms with E-state index in [1.165, 1.54) is 37.2 Å². The minimum atomic E-state index is -1.50. The van der Waals surface area contributed by atoms with E-state index in [1.54, 1.807) is 31.2 Å². The number of benzene rings is 3. The first kappa shape index (κ1) is 33.8. The maximum absolute atomic E-state index is 14.5. The van der Waals surface area contributed by atoms with Crippen LogP contribution in [0.2, 0.25) is 5.02 Å². The third-order valence-electron chi connectivity index (χ3n) is 10.8. The third-order valence-corrected chi connectivity index (χ3v) is 11.1. The van der Waals surface area contributed by atoms with Crippen molar-refractivity contribution in [2.75, 3.05) is 28.8 Å². The molecule has 3 aromatic carbocycles. The Labute approximate surface area is 294 Å². The first-order chi connectivity index (χ1) is 24.1. The molecule has 1 N–H and O–H groups in total. The first-order valence-corrected chi connectivity index (χ1v) is 16.3. The number of imide groups is 2. The number of rotatable bonds is 6. The Balaban J connectivity index is 1.36. The molecule has 262 valence electrons. The number of halogens is 2. The van der Waals surface area contributed by atoms with E-state index in [0.29, 0.717) is 11.1 Å². The lowest BCUT2D eigenvalue weighted by Crippen LogP contribution is -2.48. The summed E-state index contributed by atoms with van der Waals surface area (Å²) in [6, 6.07) is 11.7. The van der Waals surface area contributed by atoms with Gasteiger partial charge in [0.2, 0.25) is 23.6 Å². The van der Waals surface area contributed by atoms with Crippen LogP contribution in [0.25, 0.3) is 0 Å². The van der Waals surface area contributed by atoms with Crippen molar-refractivity contribution in [3.05, 3.63) is 103 Å². The molecule has 0 aromatic heterocycles. The molecule has 4 amide bonds. The van der Waals surface area contributed by atoms with Crippen LogP contribution in [0.1, 0.15) is 31.2 Å². The van der Waals surface area contributed by atoms with Gasteiger partial charge in [0.1, 0.15) is 11.6 Å². The molecular formula is C35H29ClFN5O9. The summed E-state index contributed by atoms with van der Waals surface area (Å²) in [5.74, 6) is -8.55. The fourth-order valence-electron chi connectivity index (χ4n) is 8.67. The smallest absolute Gasteiger partial charge is 0.301 e. The van der Waals surface area contributed by atoms with E-state index in [2.05, 4.69) is 0 Å². The lowest BCUT2D eigenvalue weighted by Gasteiger charge is -2.49. The number of para-hydroxylation sites is 1. The standard InChI is InChI=1S/C35H29ClFN5O9/c1-35-22(32(45)40(34(35)47)16-8-11-24(37)23(36)12-16)15-21-18(29(35)19-6-4-5-7-27(19)43)9-10-20-28(21)33(46)39(31(20)44)17-13-25(41(48)49)30(38(2)3)26(14-17)42(50)51/h4-9,11-14,20-22,28-29,43H,10,15H2,1-3H3/t20-,21+,22-,28-,29+,35+/m0/s1. The zero-order valence-corrected chi connectivity index (χ0v) is 28.0. The summed E-state index contributed by atoms with van der Waals surface area (Å²) in [5.41, 5.74) is -2.60. The second-order valence-electron chi connectivity index (χ2n) is 13.6. The maximum atomic E-state index is 14.5. The van der Waals surface area contributed by atoms with Gasteiger partial charge in [-0.25, -0.2) is 14.2 Å². The quantitative estimate of drug-likeness (QED) is 0.148. The summed E-state index contributed by atoms with van der Waals surface area (Å²) >= 11 is 6.04. The lowest BCUT2D eigenvalue weighted by molar-refractivity contribution is -0.392. The van der Waals surface area contributed by atoms with Crippen LogP contribution >= 0.6 is 11.6 Å². The summed E-state index contributed by atoms with van der Waals surface area (Å²) in [6.45, 7) is 1.61. The Morgan fingerprint density at radius 3 is 2.14 bits per heavy atom. The normalized spacial score (nSPS) is 26.8. The van der Waals surface area contributed by atoms with Crippen molar-refractivity contribution in [3.8, 4) is 5.75 Å². The van der Waals surface area contributed by atoms with Gasteiger partial charge in [-0.05, 0) is 49.9 Å². The van der Waals surface area contributed by atoms with Gasteiger partial charge in [-0.1, -0.05) is 41.4 Å². The molecule has 0 unspecified atom stereocenters. The summed E-state index contributed by atoms with van der Waals surface area (Å²) in [7, 11) is 2.78. The molecule has 3 aromatic rings. The van der Waals surface area contributed by atoms with E-state index in [9.17, 15) is 48.9 Å². The molecule has 2 aliphatic heterocycles. The number of nitro benzene ring substituents is 2. The predicted octanol–water partition coefficient (Wildman–Crippen LogP) is 5.50. The van der Waals surface area contributed by atoms with Gasteiger partial charge in [-0.15, -0.1) is 0 Å².